The van der Waals surface area contributed by atoms with Gasteiger partial charge in [-0.3, -0.25) is 0 Å². The Labute approximate surface area is 105 Å². The van der Waals surface area contributed by atoms with Crippen molar-refractivity contribution in [2.24, 2.45) is 0 Å². The molecule has 1 N–H and O–H groups in total. The minimum Gasteiger partial charge on any atom is -0.335 e. The Morgan fingerprint density at radius 1 is 1.53 bits per heavy atom. The van der Waals surface area contributed by atoms with Gasteiger partial charge in [0.15, 0.2) is 0 Å². The molecule has 2 aromatic rings. The zero-order chi connectivity index (χ0) is 11.7. The molecule has 3 heterocycles. The molecule has 5 heteroatoms. The smallest absolute Gasteiger partial charge is 0.105 e. The zero-order valence-corrected chi connectivity index (χ0v) is 10.8. The number of hydrogen-bond acceptors (Lipinski definition) is 4. The topological polar surface area (TPSA) is 42.7 Å². The van der Waals surface area contributed by atoms with Crippen LogP contribution in [0.4, 0.5) is 0 Å². The van der Waals surface area contributed by atoms with Crippen LogP contribution in [0.5, 0.6) is 0 Å². The van der Waals surface area contributed by atoms with Crippen molar-refractivity contribution < 1.29 is 0 Å². The van der Waals surface area contributed by atoms with Gasteiger partial charge in [0.05, 0.1) is 10.7 Å². The lowest BCUT2D eigenvalue weighted by molar-refractivity contribution is 0.638. The number of nitrogens with zero attached hydrogens (tertiary/aromatic N) is 3. The van der Waals surface area contributed by atoms with Crippen LogP contribution in [0.3, 0.4) is 0 Å². The summed E-state index contributed by atoms with van der Waals surface area (Å²) in [6.45, 7) is 5.08. The van der Waals surface area contributed by atoms with Gasteiger partial charge in [-0.25, -0.2) is 9.97 Å². The van der Waals surface area contributed by atoms with Crippen molar-refractivity contribution in [2.75, 3.05) is 6.54 Å². The average molecular weight is 248 g/mol. The van der Waals surface area contributed by atoms with Crippen LogP contribution in [0, 0.1) is 6.92 Å². The highest BCUT2D eigenvalue weighted by Crippen LogP contribution is 2.22. The molecule has 0 aromatic carbocycles. The van der Waals surface area contributed by atoms with Gasteiger partial charge in [0.2, 0.25) is 0 Å². The first-order chi connectivity index (χ1) is 8.33. The Hall–Kier alpha value is -1.20. The third-order valence-corrected chi connectivity index (χ3v) is 4.29. The first kappa shape index (κ1) is 10.9. The number of imidazole rings is 1. The number of thiazole rings is 1. The molecule has 0 spiro atoms. The second-order valence-corrected chi connectivity index (χ2v) is 5.49. The standard InChI is InChI=1S/C12H16N4S/c1-9-14-5-7-16(9)6-3-12-15-10-2-4-13-8-11(10)17-12/h5,7,13H,2-4,6,8H2,1H3. The van der Waals surface area contributed by atoms with Gasteiger partial charge in [-0.05, 0) is 6.92 Å². The van der Waals surface area contributed by atoms with Gasteiger partial charge in [-0.2, -0.15) is 0 Å². The average Bonchev–Trinajstić information content (AvgIpc) is 2.92. The maximum atomic E-state index is 4.72. The van der Waals surface area contributed by atoms with Gasteiger partial charge in [-0.15, -0.1) is 11.3 Å². The van der Waals surface area contributed by atoms with E-state index in [4.69, 9.17) is 4.98 Å². The molecule has 0 amide bonds. The molecule has 4 nitrogen and oxygen atoms in total. The van der Waals surface area contributed by atoms with E-state index in [1.54, 1.807) is 0 Å². The Kier molecular flexibility index (Phi) is 2.94. The highest BCUT2D eigenvalue weighted by atomic mass is 32.1. The number of nitrogens with one attached hydrogen (secondary N) is 1. The van der Waals surface area contributed by atoms with E-state index in [9.17, 15) is 0 Å². The summed E-state index contributed by atoms with van der Waals surface area (Å²) in [6, 6.07) is 0. The molecule has 0 atom stereocenters. The molecule has 17 heavy (non-hydrogen) atoms. The maximum absolute atomic E-state index is 4.72. The van der Waals surface area contributed by atoms with Crippen LogP contribution in [-0.2, 0) is 25.9 Å². The molecular formula is C12H16N4S. The molecule has 3 rings (SSSR count). The number of rotatable bonds is 3. The summed E-state index contributed by atoms with van der Waals surface area (Å²) in [5, 5.41) is 4.64. The highest BCUT2D eigenvalue weighted by Gasteiger charge is 2.14. The fourth-order valence-corrected chi connectivity index (χ4v) is 3.22. The predicted octanol–water partition coefficient (Wildman–Crippen LogP) is 1.54. The van der Waals surface area contributed by atoms with Gasteiger partial charge in [0, 0.05) is 49.7 Å². The Morgan fingerprint density at radius 3 is 3.24 bits per heavy atom. The maximum Gasteiger partial charge on any atom is 0.105 e. The minimum absolute atomic E-state index is 0.978. The van der Waals surface area contributed by atoms with E-state index < -0.39 is 0 Å². The molecule has 1 aliphatic heterocycles. The van der Waals surface area contributed by atoms with E-state index in [1.165, 1.54) is 15.6 Å². The second-order valence-electron chi connectivity index (χ2n) is 4.32. The van der Waals surface area contributed by atoms with Gasteiger partial charge in [-0.1, -0.05) is 0 Å². The first-order valence-electron chi connectivity index (χ1n) is 5.99. The molecule has 2 aromatic heterocycles. The van der Waals surface area contributed by atoms with Crippen molar-refractivity contribution in [3.8, 4) is 0 Å². The van der Waals surface area contributed by atoms with Crippen LogP contribution in [0.1, 0.15) is 21.4 Å². The van der Waals surface area contributed by atoms with Crippen molar-refractivity contribution in [3.05, 3.63) is 33.8 Å². The van der Waals surface area contributed by atoms with Crippen molar-refractivity contribution >= 4 is 11.3 Å². The van der Waals surface area contributed by atoms with Gasteiger partial charge in [0.25, 0.3) is 0 Å². The van der Waals surface area contributed by atoms with Crippen LogP contribution in [-0.4, -0.2) is 21.1 Å². The lowest BCUT2D eigenvalue weighted by atomic mass is 10.2. The van der Waals surface area contributed by atoms with E-state index in [1.807, 2.05) is 30.7 Å². The molecule has 0 radical (unpaired) electrons. The Bertz CT molecular complexity index is 491. The fourth-order valence-electron chi connectivity index (χ4n) is 2.14. The van der Waals surface area contributed by atoms with E-state index in [2.05, 4.69) is 14.9 Å². The number of hydrogen-bond donors (Lipinski definition) is 1. The number of fused-ring (bicyclic) bond motifs is 1. The molecule has 0 aliphatic carbocycles. The monoisotopic (exact) mass is 248 g/mol. The van der Waals surface area contributed by atoms with Crippen molar-refractivity contribution in [1.82, 2.24) is 19.9 Å². The Morgan fingerprint density at radius 2 is 2.47 bits per heavy atom. The third kappa shape index (κ3) is 2.25. The molecule has 0 unspecified atom stereocenters. The molecule has 0 fully saturated rings. The van der Waals surface area contributed by atoms with Crippen LogP contribution in [0.2, 0.25) is 0 Å². The van der Waals surface area contributed by atoms with Crippen LogP contribution < -0.4 is 5.32 Å². The molecule has 0 saturated carbocycles. The minimum atomic E-state index is 0.978. The lowest BCUT2D eigenvalue weighted by Gasteiger charge is -2.09. The second kappa shape index (κ2) is 4.58. The fraction of sp³-hybridized carbons (Fsp3) is 0.500. The zero-order valence-electron chi connectivity index (χ0n) is 9.94. The number of aryl methyl sites for hydroxylation is 3. The van der Waals surface area contributed by atoms with Crippen molar-refractivity contribution in [2.45, 2.75) is 32.9 Å². The molecule has 0 bridgehead atoms. The number of aromatic nitrogens is 3. The van der Waals surface area contributed by atoms with Gasteiger partial charge >= 0.3 is 0 Å². The van der Waals surface area contributed by atoms with Crippen molar-refractivity contribution in [3.63, 3.8) is 0 Å². The van der Waals surface area contributed by atoms with E-state index >= 15 is 0 Å². The van der Waals surface area contributed by atoms with Crippen molar-refractivity contribution in [1.29, 1.82) is 0 Å². The van der Waals surface area contributed by atoms with Crippen LogP contribution in [0.25, 0.3) is 0 Å². The normalized spacial score (nSPS) is 14.9. The summed E-state index contributed by atoms with van der Waals surface area (Å²) >= 11 is 1.86. The summed E-state index contributed by atoms with van der Waals surface area (Å²) < 4.78 is 2.18. The largest absolute Gasteiger partial charge is 0.335 e. The summed E-state index contributed by atoms with van der Waals surface area (Å²) in [4.78, 5) is 10.4. The summed E-state index contributed by atoms with van der Waals surface area (Å²) in [7, 11) is 0. The van der Waals surface area contributed by atoms with Gasteiger partial charge in [0.1, 0.15) is 5.82 Å². The van der Waals surface area contributed by atoms with E-state index in [0.717, 1.165) is 38.3 Å². The van der Waals surface area contributed by atoms with Gasteiger partial charge < -0.3 is 9.88 Å². The quantitative estimate of drug-likeness (QED) is 0.896. The SMILES string of the molecule is Cc1nccn1CCc1nc2c(s1)CNCC2. The molecule has 90 valence electrons. The Balaban J connectivity index is 1.69. The molecule has 1 aliphatic rings. The highest BCUT2D eigenvalue weighted by molar-refractivity contribution is 7.11. The lowest BCUT2D eigenvalue weighted by Crippen LogP contribution is -2.22. The van der Waals surface area contributed by atoms with Crippen LogP contribution >= 0.6 is 11.3 Å². The molecular weight excluding hydrogens is 232 g/mol. The summed E-state index contributed by atoms with van der Waals surface area (Å²) in [6.07, 6.45) is 5.97. The summed E-state index contributed by atoms with van der Waals surface area (Å²) in [5.74, 6) is 1.08. The predicted molar refractivity (Wildman–Crippen MR) is 68.2 cm³/mol. The molecule has 0 saturated heterocycles. The summed E-state index contributed by atoms with van der Waals surface area (Å²) in [5.41, 5.74) is 1.31. The third-order valence-electron chi connectivity index (χ3n) is 3.14. The van der Waals surface area contributed by atoms with E-state index in [-0.39, 0.29) is 0 Å². The van der Waals surface area contributed by atoms with E-state index in [0.29, 0.717) is 0 Å². The first-order valence-corrected chi connectivity index (χ1v) is 6.80. The van der Waals surface area contributed by atoms with Crippen LogP contribution in [0.15, 0.2) is 12.4 Å².